The van der Waals surface area contributed by atoms with Crippen LogP contribution in [0.2, 0.25) is 0 Å². The van der Waals surface area contributed by atoms with Gasteiger partial charge in [0, 0.05) is 11.1 Å². The van der Waals surface area contributed by atoms with Crippen molar-refractivity contribution in [2.45, 2.75) is 0 Å². The standard InChI is InChI=1S/C16H10N2O6/c19-13-11(14(20)18-16(23)17-13)7-8-5-6-12(24-8)9-3-1-2-4-10(9)15(21)22/h1-7H,(H,21,22)(H2,17,18,19,20,23)/p-1. The van der Waals surface area contributed by atoms with Crippen LogP contribution >= 0.6 is 0 Å². The van der Waals surface area contributed by atoms with Gasteiger partial charge < -0.3 is 14.3 Å². The highest BCUT2D eigenvalue weighted by molar-refractivity contribution is 6.31. The normalized spacial score (nSPS) is 14.2. The third kappa shape index (κ3) is 2.80. The average Bonchev–Trinajstić information content (AvgIpc) is 2.99. The van der Waals surface area contributed by atoms with Gasteiger partial charge >= 0.3 is 6.03 Å². The van der Waals surface area contributed by atoms with Gasteiger partial charge in [-0.3, -0.25) is 20.2 Å². The Hall–Kier alpha value is -3.68. The minimum absolute atomic E-state index is 0.0511. The first kappa shape index (κ1) is 15.2. The number of carboxylic acids is 1. The van der Waals surface area contributed by atoms with Crippen molar-refractivity contribution in [3.05, 3.63) is 53.3 Å². The molecule has 0 spiro atoms. The van der Waals surface area contributed by atoms with Crippen LogP contribution in [-0.4, -0.2) is 23.8 Å². The van der Waals surface area contributed by atoms with Crippen LogP contribution in [0.3, 0.4) is 0 Å². The second-order valence-electron chi connectivity index (χ2n) is 4.83. The molecule has 0 radical (unpaired) electrons. The molecule has 0 bridgehead atoms. The van der Waals surface area contributed by atoms with E-state index in [1.807, 2.05) is 10.6 Å². The Morgan fingerprint density at radius 1 is 1.00 bits per heavy atom. The van der Waals surface area contributed by atoms with Crippen LogP contribution in [0.4, 0.5) is 4.79 Å². The molecule has 1 aromatic heterocycles. The van der Waals surface area contributed by atoms with Gasteiger partial charge in [-0.05, 0) is 18.2 Å². The lowest BCUT2D eigenvalue weighted by molar-refractivity contribution is -0.255. The van der Waals surface area contributed by atoms with Crippen LogP contribution in [-0.2, 0) is 9.59 Å². The molecule has 1 saturated heterocycles. The summed E-state index contributed by atoms with van der Waals surface area (Å²) in [6.07, 6.45) is 1.15. The number of aromatic carboxylic acids is 1. The van der Waals surface area contributed by atoms with Crippen molar-refractivity contribution in [2.75, 3.05) is 0 Å². The second-order valence-corrected chi connectivity index (χ2v) is 4.83. The molecular weight excluding hydrogens is 316 g/mol. The first-order valence-corrected chi connectivity index (χ1v) is 6.74. The third-order valence-corrected chi connectivity index (χ3v) is 3.27. The number of carbonyl (C=O) groups is 4. The lowest BCUT2D eigenvalue weighted by Gasteiger charge is -2.13. The van der Waals surface area contributed by atoms with Crippen molar-refractivity contribution in [3.63, 3.8) is 0 Å². The molecule has 0 aliphatic carbocycles. The van der Waals surface area contributed by atoms with E-state index in [1.165, 1.54) is 18.2 Å². The molecule has 8 nitrogen and oxygen atoms in total. The van der Waals surface area contributed by atoms with Crippen LogP contribution in [0.5, 0.6) is 0 Å². The molecule has 1 aliphatic heterocycles. The van der Waals surface area contributed by atoms with E-state index < -0.39 is 23.8 Å². The minimum atomic E-state index is -1.36. The van der Waals surface area contributed by atoms with Gasteiger partial charge in [0.25, 0.3) is 11.8 Å². The van der Waals surface area contributed by atoms with E-state index in [0.717, 1.165) is 6.08 Å². The van der Waals surface area contributed by atoms with E-state index in [-0.39, 0.29) is 22.7 Å². The van der Waals surface area contributed by atoms with Gasteiger partial charge in [-0.2, -0.15) is 0 Å². The predicted octanol–water partition coefficient (Wildman–Crippen LogP) is 0.0595. The molecule has 2 aromatic rings. The molecule has 2 N–H and O–H groups in total. The number of imide groups is 2. The maximum Gasteiger partial charge on any atom is 0.328 e. The zero-order valence-corrected chi connectivity index (χ0v) is 12.0. The summed E-state index contributed by atoms with van der Waals surface area (Å²) in [4.78, 5) is 45.4. The highest BCUT2D eigenvalue weighted by Gasteiger charge is 2.28. The number of furan rings is 1. The van der Waals surface area contributed by atoms with Crippen molar-refractivity contribution in [1.29, 1.82) is 0 Å². The number of barbiturate groups is 1. The fraction of sp³-hybridized carbons (Fsp3) is 0. The molecule has 4 amide bonds. The van der Waals surface area contributed by atoms with Gasteiger partial charge in [-0.25, -0.2) is 4.79 Å². The molecular formula is C16H9N2O6-. The second kappa shape index (κ2) is 5.84. The maximum absolute atomic E-state index is 11.7. The third-order valence-electron chi connectivity index (χ3n) is 3.27. The summed E-state index contributed by atoms with van der Waals surface area (Å²) in [5.74, 6) is -2.68. The van der Waals surface area contributed by atoms with Crippen LogP contribution in [0.25, 0.3) is 17.4 Å². The Labute approximate surface area is 134 Å². The molecule has 0 unspecified atom stereocenters. The predicted molar refractivity (Wildman–Crippen MR) is 78.1 cm³/mol. The molecule has 2 heterocycles. The van der Waals surface area contributed by atoms with Gasteiger partial charge in [0.15, 0.2) is 0 Å². The molecule has 8 heteroatoms. The summed E-state index contributed by atoms with van der Waals surface area (Å²) < 4.78 is 5.47. The Kier molecular flexibility index (Phi) is 3.70. The summed E-state index contributed by atoms with van der Waals surface area (Å²) in [6, 6.07) is 8.16. The number of amides is 4. The molecule has 3 rings (SSSR count). The van der Waals surface area contributed by atoms with Crippen LogP contribution in [0.15, 0.2) is 46.4 Å². The van der Waals surface area contributed by atoms with Crippen LogP contribution in [0, 0.1) is 0 Å². The summed E-state index contributed by atoms with van der Waals surface area (Å²) in [5, 5.41) is 15.0. The smallest absolute Gasteiger partial charge is 0.328 e. The fourth-order valence-corrected chi connectivity index (χ4v) is 2.20. The topological polar surface area (TPSA) is 129 Å². The Morgan fingerprint density at radius 2 is 1.67 bits per heavy atom. The number of hydrogen-bond acceptors (Lipinski definition) is 6. The first-order valence-electron chi connectivity index (χ1n) is 6.74. The van der Waals surface area contributed by atoms with Gasteiger partial charge in [-0.1, -0.05) is 24.3 Å². The average molecular weight is 325 g/mol. The van der Waals surface area contributed by atoms with E-state index in [1.54, 1.807) is 18.2 Å². The molecule has 1 fully saturated rings. The van der Waals surface area contributed by atoms with Crippen LogP contribution in [0.1, 0.15) is 16.1 Å². The summed E-state index contributed by atoms with van der Waals surface area (Å²) in [7, 11) is 0. The van der Waals surface area contributed by atoms with Crippen LogP contribution < -0.4 is 15.7 Å². The molecule has 0 saturated carbocycles. The van der Waals surface area contributed by atoms with Crippen molar-refractivity contribution < 1.29 is 28.7 Å². The number of urea groups is 1. The number of carbonyl (C=O) groups excluding carboxylic acids is 4. The molecule has 0 atom stereocenters. The zero-order chi connectivity index (χ0) is 17.3. The van der Waals surface area contributed by atoms with E-state index in [0.29, 0.717) is 5.56 Å². The minimum Gasteiger partial charge on any atom is -0.545 e. The number of nitrogens with one attached hydrogen (secondary N) is 2. The van der Waals surface area contributed by atoms with Crippen molar-refractivity contribution in [1.82, 2.24) is 10.6 Å². The van der Waals surface area contributed by atoms with E-state index in [2.05, 4.69) is 0 Å². The lowest BCUT2D eigenvalue weighted by atomic mass is 10.1. The van der Waals surface area contributed by atoms with Crippen molar-refractivity contribution in [2.24, 2.45) is 0 Å². The first-order chi connectivity index (χ1) is 11.5. The summed E-state index contributed by atoms with van der Waals surface area (Å²) in [5.41, 5.74) is -0.0524. The zero-order valence-electron chi connectivity index (χ0n) is 12.0. The monoisotopic (exact) mass is 325 g/mol. The summed E-state index contributed by atoms with van der Waals surface area (Å²) in [6.45, 7) is 0. The van der Waals surface area contributed by atoms with E-state index >= 15 is 0 Å². The van der Waals surface area contributed by atoms with Gasteiger partial charge in [-0.15, -0.1) is 0 Å². The molecule has 120 valence electrons. The molecule has 1 aliphatic rings. The maximum atomic E-state index is 11.7. The van der Waals surface area contributed by atoms with E-state index in [4.69, 9.17) is 4.42 Å². The SMILES string of the molecule is O=C1NC(=O)C(=Cc2ccc(-c3ccccc3C(=O)[O-])o2)C(=O)N1. The Morgan fingerprint density at radius 3 is 2.33 bits per heavy atom. The van der Waals surface area contributed by atoms with E-state index in [9.17, 15) is 24.3 Å². The largest absolute Gasteiger partial charge is 0.545 e. The Bertz CT molecular complexity index is 887. The highest BCUT2D eigenvalue weighted by atomic mass is 16.4. The highest BCUT2D eigenvalue weighted by Crippen LogP contribution is 2.26. The quantitative estimate of drug-likeness (QED) is 0.606. The van der Waals surface area contributed by atoms with Crippen molar-refractivity contribution >= 4 is 29.9 Å². The van der Waals surface area contributed by atoms with Gasteiger partial charge in [0.05, 0.1) is 5.97 Å². The number of benzene rings is 1. The fourth-order valence-electron chi connectivity index (χ4n) is 2.20. The number of rotatable bonds is 3. The van der Waals surface area contributed by atoms with Gasteiger partial charge in [0.1, 0.15) is 17.1 Å². The molecule has 1 aromatic carbocycles. The number of carboxylic acid groups (broad SMARTS) is 1. The molecule has 24 heavy (non-hydrogen) atoms. The van der Waals surface area contributed by atoms with Gasteiger partial charge in [0.2, 0.25) is 0 Å². The van der Waals surface area contributed by atoms with Crippen molar-refractivity contribution in [3.8, 4) is 11.3 Å². The lowest BCUT2D eigenvalue weighted by Crippen LogP contribution is -2.51. The Balaban J connectivity index is 1.96. The summed E-state index contributed by atoms with van der Waals surface area (Å²) >= 11 is 0. The number of hydrogen-bond donors (Lipinski definition) is 2.